The number of nitrogens with one attached hydrogen (secondary N) is 1. The van der Waals surface area contributed by atoms with Crippen molar-refractivity contribution in [3.8, 4) is 5.75 Å². The van der Waals surface area contributed by atoms with Crippen LogP contribution >= 0.6 is 35.0 Å². The molecule has 0 spiro atoms. The number of hydrogen-bond donors (Lipinski definition) is 1. The fraction of sp³-hybridized carbons (Fsp3) is 0.571. The van der Waals surface area contributed by atoms with Gasteiger partial charge < -0.3 is 10.1 Å². The third-order valence-corrected chi connectivity index (χ3v) is 5.37. The smallest absolute Gasteiger partial charge is 0.387 e. The summed E-state index contributed by atoms with van der Waals surface area (Å²) in [5.74, 6) is 1.94. The molecule has 1 N–H and O–H groups in total. The molecule has 1 aliphatic heterocycles. The van der Waals surface area contributed by atoms with Crippen LogP contribution in [0.2, 0.25) is 10.0 Å². The topological polar surface area (TPSA) is 21.3 Å². The predicted molar refractivity (Wildman–Crippen MR) is 86.2 cm³/mol. The van der Waals surface area contributed by atoms with Gasteiger partial charge in [0.2, 0.25) is 0 Å². The van der Waals surface area contributed by atoms with Gasteiger partial charge >= 0.3 is 6.61 Å². The first-order valence-electron chi connectivity index (χ1n) is 6.55. The molecular formula is C14H17Cl2F2NOS. The lowest BCUT2D eigenvalue weighted by molar-refractivity contribution is -0.0497. The van der Waals surface area contributed by atoms with Gasteiger partial charge in [-0.05, 0) is 29.7 Å². The molecule has 0 aromatic heterocycles. The minimum absolute atomic E-state index is 0.0769. The summed E-state index contributed by atoms with van der Waals surface area (Å²) in [6.07, 6.45) is 1.03. The fourth-order valence-corrected chi connectivity index (χ4v) is 4.29. The molecule has 0 aliphatic carbocycles. The molecule has 118 valence electrons. The van der Waals surface area contributed by atoms with Gasteiger partial charge in [0, 0.05) is 17.5 Å². The van der Waals surface area contributed by atoms with Crippen LogP contribution in [0.3, 0.4) is 0 Å². The molecule has 1 unspecified atom stereocenters. The lowest BCUT2D eigenvalue weighted by Crippen LogP contribution is -2.35. The molecule has 1 aromatic carbocycles. The van der Waals surface area contributed by atoms with Crippen LogP contribution in [0.25, 0.3) is 0 Å². The molecule has 0 amide bonds. The Bertz CT molecular complexity index is 491. The number of benzene rings is 1. The van der Waals surface area contributed by atoms with E-state index in [2.05, 4.69) is 23.9 Å². The molecule has 7 heteroatoms. The van der Waals surface area contributed by atoms with Crippen molar-refractivity contribution >= 4 is 40.7 Å². The summed E-state index contributed by atoms with van der Waals surface area (Å²) in [5, 5.41) is 3.52. The van der Waals surface area contributed by atoms with Gasteiger partial charge in [-0.1, -0.05) is 37.0 Å². The maximum absolute atomic E-state index is 12.3. The van der Waals surface area contributed by atoms with E-state index in [9.17, 15) is 8.78 Å². The Kier molecular flexibility index (Phi) is 5.49. The van der Waals surface area contributed by atoms with Crippen molar-refractivity contribution in [2.45, 2.75) is 32.9 Å². The molecule has 1 heterocycles. The van der Waals surface area contributed by atoms with Gasteiger partial charge in [-0.15, -0.1) is 0 Å². The average Bonchev–Trinajstić information content (AvgIpc) is 2.32. The van der Waals surface area contributed by atoms with Crippen molar-refractivity contribution in [2.75, 3.05) is 16.8 Å². The maximum atomic E-state index is 12.3. The second kappa shape index (κ2) is 6.80. The van der Waals surface area contributed by atoms with Gasteiger partial charge in [-0.25, -0.2) is 0 Å². The Hall–Kier alpha value is -0.390. The van der Waals surface area contributed by atoms with E-state index in [1.165, 1.54) is 0 Å². The summed E-state index contributed by atoms with van der Waals surface area (Å²) in [4.78, 5) is 0. The zero-order chi connectivity index (χ0) is 15.6. The van der Waals surface area contributed by atoms with E-state index >= 15 is 0 Å². The molecule has 0 saturated carbocycles. The third kappa shape index (κ3) is 4.80. The number of alkyl halides is 2. The first-order valence-corrected chi connectivity index (χ1v) is 8.46. The van der Waals surface area contributed by atoms with Crippen molar-refractivity contribution in [1.82, 2.24) is 0 Å². The second-order valence-electron chi connectivity index (χ2n) is 5.87. The number of halogens is 4. The Labute approximate surface area is 137 Å². The van der Waals surface area contributed by atoms with Crippen molar-refractivity contribution in [3.05, 3.63) is 22.2 Å². The first kappa shape index (κ1) is 17.0. The summed E-state index contributed by atoms with van der Waals surface area (Å²) in [7, 11) is 0. The molecule has 0 bridgehead atoms. The lowest BCUT2D eigenvalue weighted by atomic mass is 9.88. The minimum Gasteiger partial charge on any atom is -0.432 e. The summed E-state index contributed by atoms with van der Waals surface area (Å²) in [6.45, 7) is 1.51. The molecule has 2 nitrogen and oxygen atoms in total. The SMILES string of the molecule is CC1(C)CSCC(Nc2cc(Cl)c(OC(F)F)c(Cl)c2)C1. The van der Waals surface area contributed by atoms with Crippen molar-refractivity contribution in [1.29, 1.82) is 0 Å². The van der Waals surface area contributed by atoms with Gasteiger partial charge in [0.05, 0.1) is 10.0 Å². The highest BCUT2D eigenvalue weighted by Gasteiger charge is 2.28. The standard InChI is InChI=1S/C14H17Cl2F2NOS/c1-14(2)5-9(6-21-7-14)19-8-3-10(15)12(11(16)4-8)20-13(17)18/h3-4,9,13,19H,5-7H2,1-2H3. The predicted octanol–water partition coefficient (Wildman–Crippen LogP) is 5.54. The first-order chi connectivity index (χ1) is 9.77. The van der Waals surface area contributed by atoms with Crippen LogP contribution in [-0.4, -0.2) is 24.2 Å². The zero-order valence-electron chi connectivity index (χ0n) is 11.8. The van der Waals surface area contributed by atoms with Crippen LogP contribution < -0.4 is 10.1 Å². The average molecular weight is 356 g/mol. The Morgan fingerprint density at radius 1 is 1.33 bits per heavy atom. The molecule has 1 aromatic rings. The maximum Gasteiger partial charge on any atom is 0.387 e. The number of anilines is 1. The van der Waals surface area contributed by atoms with E-state index in [4.69, 9.17) is 23.2 Å². The number of ether oxygens (including phenoxy) is 1. The van der Waals surface area contributed by atoms with Gasteiger partial charge in [0.25, 0.3) is 0 Å². The van der Waals surface area contributed by atoms with Crippen molar-refractivity contribution in [3.63, 3.8) is 0 Å². The van der Waals surface area contributed by atoms with Crippen LogP contribution in [0.15, 0.2) is 12.1 Å². The van der Waals surface area contributed by atoms with Crippen molar-refractivity contribution in [2.24, 2.45) is 5.41 Å². The third-order valence-electron chi connectivity index (χ3n) is 3.19. The van der Waals surface area contributed by atoms with Gasteiger partial charge in [0.1, 0.15) is 0 Å². The lowest BCUT2D eigenvalue weighted by Gasteiger charge is -2.35. The molecule has 1 fully saturated rings. The molecule has 1 atom stereocenters. The summed E-state index contributed by atoms with van der Waals surface area (Å²) >= 11 is 13.8. The van der Waals surface area contributed by atoms with E-state index < -0.39 is 6.61 Å². The second-order valence-corrected chi connectivity index (χ2v) is 7.72. The molecule has 1 saturated heterocycles. The molecule has 0 radical (unpaired) electrons. The summed E-state index contributed by atoms with van der Waals surface area (Å²) in [5.41, 5.74) is 0.988. The molecular weight excluding hydrogens is 339 g/mol. The fourth-order valence-electron chi connectivity index (χ4n) is 2.44. The van der Waals surface area contributed by atoms with Crippen LogP contribution in [-0.2, 0) is 0 Å². The van der Waals surface area contributed by atoms with Crippen LogP contribution in [0, 0.1) is 5.41 Å². The minimum atomic E-state index is -2.95. The highest BCUT2D eigenvalue weighted by atomic mass is 35.5. The van der Waals surface area contributed by atoms with Gasteiger partial charge in [0.15, 0.2) is 5.75 Å². The van der Waals surface area contributed by atoms with E-state index in [0.717, 1.165) is 23.6 Å². The highest BCUT2D eigenvalue weighted by molar-refractivity contribution is 7.99. The van der Waals surface area contributed by atoms with E-state index in [1.54, 1.807) is 12.1 Å². The Balaban J connectivity index is 2.11. The van der Waals surface area contributed by atoms with E-state index in [1.807, 2.05) is 11.8 Å². The molecule has 2 rings (SSSR count). The van der Waals surface area contributed by atoms with Crippen LogP contribution in [0.5, 0.6) is 5.75 Å². The largest absolute Gasteiger partial charge is 0.432 e. The van der Waals surface area contributed by atoms with Crippen LogP contribution in [0.1, 0.15) is 20.3 Å². The van der Waals surface area contributed by atoms with E-state index in [0.29, 0.717) is 6.04 Å². The van der Waals surface area contributed by atoms with Gasteiger partial charge in [-0.2, -0.15) is 20.5 Å². The molecule has 21 heavy (non-hydrogen) atoms. The van der Waals surface area contributed by atoms with E-state index in [-0.39, 0.29) is 21.2 Å². The number of rotatable bonds is 4. The quantitative estimate of drug-likeness (QED) is 0.766. The summed E-state index contributed by atoms with van der Waals surface area (Å²) in [6, 6.07) is 3.43. The normalized spacial score (nSPS) is 21.4. The highest BCUT2D eigenvalue weighted by Crippen LogP contribution is 2.39. The van der Waals surface area contributed by atoms with Crippen LogP contribution in [0.4, 0.5) is 14.5 Å². The number of hydrogen-bond acceptors (Lipinski definition) is 3. The van der Waals surface area contributed by atoms with Gasteiger partial charge in [-0.3, -0.25) is 0 Å². The monoisotopic (exact) mass is 355 g/mol. The zero-order valence-corrected chi connectivity index (χ0v) is 14.1. The Morgan fingerprint density at radius 2 is 1.95 bits per heavy atom. The molecule has 1 aliphatic rings. The summed E-state index contributed by atoms with van der Waals surface area (Å²) < 4.78 is 28.9. The Morgan fingerprint density at radius 3 is 2.48 bits per heavy atom. The van der Waals surface area contributed by atoms with Crippen molar-refractivity contribution < 1.29 is 13.5 Å². The number of thioether (sulfide) groups is 1.